The van der Waals surface area contributed by atoms with Gasteiger partial charge in [-0.15, -0.1) is 0 Å². The van der Waals surface area contributed by atoms with Crippen molar-refractivity contribution in [3.05, 3.63) is 16.9 Å². The van der Waals surface area contributed by atoms with Crippen LogP contribution >= 0.6 is 0 Å². The third kappa shape index (κ3) is 6.59. The minimum atomic E-state index is -0.408. The SMILES string of the molecule is CC.CC.CNC(=O)CCC(C=O)Nc1coc2c1=CNCC=2. The van der Waals surface area contributed by atoms with Crippen LogP contribution in [0.4, 0.5) is 5.69 Å². The predicted octanol–water partition coefficient (Wildman–Crippen LogP) is 0.959. The van der Waals surface area contributed by atoms with Crippen molar-refractivity contribution in [2.45, 2.75) is 46.6 Å². The summed E-state index contributed by atoms with van der Waals surface area (Å²) in [7, 11) is 1.58. The van der Waals surface area contributed by atoms with Gasteiger partial charge >= 0.3 is 0 Å². The molecule has 1 aromatic heterocycles. The molecule has 0 radical (unpaired) electrons. The van der Waals surface area contributed by atoms with E-state index in [0.29, 0.717) is 12.8 Å². The molecule has 0 aromatic carbocycles. The van der Waals surface area contributed by atoms with Crippen molar-refractivity contribution < 1.29 is 14.0 Å². The van der Waals surface area contributed by atoms with Crippen LogP contribution in [0, 0.1) is 0 Å². The van der Waals surface area contributed by atoms with Gasteiger partial charge in [0, 0.05) is 26.2 Å². The molecule has 3 N–H and O–H groups in total. The summed E-state index contributed by atoms with van der Waals surface area (Å²) in [5.41, 5.74) is 1.55. The van der Waals surface area contributed by atoms with Crippen LogP contribution in [-0.2, 0) is 9.59 Å². The molecule has 1 aromatic rings. The van der Waals surface area contributed by atoms with E-state index in [1.165, 1.54) is 0 Å². The maximum absolute atomic E-state index is 11.2. The number of hydrogen-bond acceptors (Lipinski definition) is 5. The molecule has 0 bridgehead atoms. The van der Waals surface area contributed by atoms with Crippen LogP contribution in [0.15, 0.2) is 10.7 Å². The van der Waals surface area contributed by atoms with Gasteiger partial charge in [0.1, 0.15) is 18.0 Å². The molecule has 2 rings (SSSR count). The maximum Gasteiger partial charge on any atom is 0.219 e. The number of rotatable bonds is 6. The molecule has 0 spiro atoms. The van der Waals surface area contributed by atoms with Crippen LogP contribution < -0.4 is 26.6 Å². The number of amides is 1. The zero-order valence-corrected chi connectivity index (χ0v) is 14.7. The summed E-state index contributed by atoms with van der Waals surface area (Å²) in [6.07, 6.45) is 6.92. The fraction of sp³-hybridized carbons (Fsp3) is 0.529. The van der Waals surface area contributed by atoms with Crippen LogP contribution in [0.5, 0.6) is 0 Å². The Morgan fingerprint density at radius 3 is 2.70 bits per heavy atom. The number of fused-ring (bicyclic) bond motifs is 1. The normalized spacial score (nSPS) is 12.2. The standard InChI is InChI=1S/C13H17N3O3.2C2H6/c1-14-13(18)3-2-9(7-17)16-11-8-19-12-4-5-15-6-10(11)12;2*1-2/h4,6-9,15-16H,2-3,5H2,1H3,(H,14,18);2*1-2H3. The zero-order valence-electron chi connectivity index (χ0n) is 14.7. The summed E-state index contributed by atoms with van der Waals surface area (Å²) in [4.78, 5) is 22.2. The van der Waals surface area contributed by atoms with E-state index in [1.54, 1.807) is 13.3 Å². The molecule has 0 fully saturated rings. The molecule has 6 nitrogen and oxygen atoms in total. The summed E-state index contributed by atoms with van der Waals surface area (Å²) in [6.45, 7) is 8.73. The van der Waals surface area contributed by atoms with E-state index < -0.39 is 6.04 Å². The highest BCUT2D eigenvalue weighted by molar-refractivity contribution is 5.76. The van der Waals surface area contributed by atoms with Crippen LogP contribution in [0.3, 0.4) is 0 Å². The average Bonchev–Trinajstić information content (AvgIpc) is 3.04. The molecule has 0 saturated carbocycles. The second-order valence-corrected chi connectivity index (χ2v) is 4.28. The lowest BCUT2D eigenvalue weighted by Gasteiger charge is -2.12. The molecule has 130 valence electrons. The van der Waals surface area contributed by atoms with E-state index in [0.717, 1.165) is 29.2 Å². The quantitative estimate of drug-likeness (QED) is 0.679. The van der Waals surface area contributed by atoms with E-state index in [9.17, 15) is 9.59 Å². The number of hydrogen-bond donors (Lipinski definition) is 3. The summed E-state index contributed by atoms with van der Waals surface area (Å²) in [5.74, 6) is -0.0792. The Labute approximate surface area is 138 Å². The van der Waals surface area contributed by atoms with Crippen molar-refractivity contribution in [1.29, 1.82) is 0 Å². The first-order chi connectivity index (χ1) is 11.2. The molecule has 2 heterocycles. The molecule has 23 heavy (non-hydrogen) atoms. The number of carbonyl (C=O) groups is 2. The molecule has 0 aliphatic carbocycles. The van der Waals surface area contributed by atoms with E-state index in [-0.39, 0.29) is 5.91 Å². The third-order valence-electron chi connectivity index (χ3n) is 2.98. The monoisotopic (exact) mass is 323 g/mol. The van der Waals surface area contributed by atoms with Gasteiger partial charge in [0.2, 0.25) is 5.91 Å². The van der Waals surface area contributed by atoms with E-state index in [2.05, 4.69) is 16.0 Å². The molecule has 1 amide bonds. The van der Waals surface area contributed by atoms with Crippen LogP contribution in [0.1, 0.15) is 40.5 Å². The number of nitrogens with one attached hydrogen (secondary N) is 3. The Bertz CT molecular complexity index is 578. The lowest BCUT2D eigenvalue weighted by molar-refractivity contribution is -0.120. The summed E-state index contributed by atoms with van der Waals surface area (Å²) in [5, 5.41) is 9.60. The van der Waals surface area contributed by atoms with Gasteiger partial charge in [-0.3, -0.25) is 4.79 Å². The number of carbonyl (C=O) groups excluding carboxylic acids is 2. The van der Waals surface area contributed by atoms with Crippen molar-refractivity contribution in [3.8, 4) is 0 Å². The maximum atomic E-state index is 11.2. The zero-order chi connectivity index (χ0) is 17.7. The van der Waals surface area contributed by atoms with Gasteiger partial charge in [0.25, 0.3) is 0 Å². The summed E-state index contributed by atoms with van der Waals surface area (Å²) in [6, 6.07) is -0.408. The summed E-state index contributed by atoms with van der Waals surface area (Å²) >= 11 is 0. The van der Waals surface area contributed by atoms with Crippen LogP contribution in [-0.4, -0.2) is 31.8 Å². The highest BCUT2D eigenvalue weighted by atomic mass is 16.3. The fourth-order valence-corrected chi connectivity index (χ4v) is 1.90. The highest BCUT2D eigenvalue weighted by Gasteiger charge is 2.12. The topological polar surface area (TPSA) is 83.4 Å². The molecule has 1 aliphatic rings. The minimum absolute atomic E-state index is 0.0792. The Morgan fingerprint density at radius 1 is 1.39 bits per heavy atom. The van der Waals surface area contributed by atoms with Gasteiger partial charge in [0.15, 0.2) is 0 Å². The van der Waals surface area contributed by atoms with Gasteiger partial charge in [-0.05, 0) is 12.5 Å². The minimum Gasteiger partial charge on any atom is -0.462 e. The van der Waals surface area contributed by atoms with Gasteiger partial charge in [-0.2, -0.15) is 0 Å². The van der Waals surface area contributed by atoms with E-state index in [4.69, 9.17) is 4.42 Å². The second-order valence-electron chi connectivity index (χ2n) is 4.28. The first kappa shape index (κ1) is 20.8. The van der Waals surface area contributed by atoms with Crippen molar-refractivity contribution in [2.24, 2.45) is 0 Å². The molecule has 6 heteroatoms. The van der Waals surface area contributed by atoms with Crippen molar-refractivity contribution in [3.63, 3.8) is 0 Å². The van der Waals surface area contributed by atoms with Gasteiger partial charge in [-0.1, -0.05) is 27.7 Å². The molecular formula is C17H29N3O3. The largest absolute Gasteiger partial charge is 0.462 e. The van der Waals surface area contributed by atoms with Crippen molar-refractivity contribution >= 4 is 30.2 Å². The van der Waals surface area contributed by atoms with E-state index >= 15 is 0 Å². The third-order valence-corrected chi connectivity index (χ3v) is 2.98. The predicted molar refractivity (Wildman–Crippen MR) is 94.4 cm³/mol. The fourth-order valence-electron chi connectivity index (χ4n) is 1.90. The van der Waals surface area contributed by atoms with Crippen LogP contribution in [0.25, 0.3) is 12.3 Å². The summed E-state index contributed by atoms with van der Waals surface area (Å²) < 4.78 is 5.39. The Morgan fingerprint density at radius 2 is 2.09 bits per heavy atom. The molecule has 1 aliphatic heterocycles. The molecule has 0 saturated heterocycles. The Hall–Kier alpha value is -2.24. The average molecular weight is 323 g/mol. The first-order valence-corrected chi connectivity index (χ1v) is 8.18. The van der Waals surface area contributed by atoms with Crippen LogP contribution in [0.2, 0.25) is 0 Å². The first-order valence-electron chi connectivity index (χ1n) is 8.18. The molecular weight excluding hydrogens is 294 g/mol. The Kier molecular flexibility index (Phi) is 11.1. The number of furan rings is 1. The van der Waals surface area contributed by atoms with Gasteiger partial charge in [0.05, 0.1) is 16.9 Å². The van der Waals surface area contributed by atoms with Gasteiger partial charge < -0.3 is 25.2 Å². The van der Waals surface area contributed by atoms with E-state index in [1.807, 2.05) is 40.0 Å². The molecule has 1 atom stereocenters. The second kappa shape index (κ2) is 12.3. The lowest BCUT2D eigenvalue weighted by atomic mass is 10.1. The number of anilines is 1. The van der Waals surface area contributed by atoms with Gasteiger partial charge in [-0.25, -0.2) is 0 Å². The van der Waals surface area contributed by atoms with Crippen molar-refractivity contribution in [2.75, 3.05) is 18.9 Å². The number of aldehydes is 1. The van der Waals surface area contributed by atoms with Crippen molar-refractivity contribution in [1.82, 2.24) is 10.6 Å². The smallest absolute Gasteiger partial charge is 0.219 e. The molecule has 1 unspecified atom stereocenters. The highest BCUT2D eigenvalue weighted by Crippen LogP contribution is 2.04. The Balaban J connectivity index is 0.00000112. The lowest BCUT2D eigenvalue weighted by Crippen LogP contribution is -2.34.